The first-order valence-corrected chi connectivity index (χ1v) is 14.0. The van der Waals surface area contributed by atoms with Gasteiger partial charge in [-0.05, 0) is 38.1 Å². The van der Waals surface area contributed by atoms with Crippen molar-refractivity contribution in [3.63, 3.8) is 0 Å². The van der Waals surface area contributed by atoms with E-state index in [0.717, 1.165) is 11.1 Å². The Morgan fingerprint density at radius 2 is 0.667 bits per heavy atom. The van der Waals surface area contributed by atoms with Crippen LogP contribution in [0.25, 0.3) is 0 Å². The molecule has 0 radical (unpaired) electrons. The summed E-state index contributed by atoms with van der Waals surface area (Å²) in [6, 6.07) is 12.0. The van der Waals surface area contributed by atoms with E-state index in [2.05, 4.69) is 0 Å². The second-order valence-electron chi connectivity index (χ2n) is 8.11. The van der Waals surface area contributed by atoms with Gasteiger partial charge in [0.05, 0.1) is 9.79 Å². The molecule has 182 valence electrons. The molecular weight excluding hydrogens is 496 g/mol. The maximum absolute atomic E-state index is 10.5. The quantitative estimate of drug-likeness (QED) is 0.343. The van der Waals surface area contributed by atoms with Crippen LogP contribution < -0.4 is 0 Å². The smallest absolute Gasteiger partial charge is 0.282 e. The van der Waals surface area contributed by atoms with Crippen molar-refractivity contribution in [3.05, 3.63) is 59.7 Å². The van der Waals surface area contributed by atoms with Crippen molar-refractivity contribution in [3.8, 4) is 0 Å². The summed E-state index contributed by atoms with van der Waals surface area (Å²) in [5.41, 5.74) is 1.91. The molecule has 0 saturated heterocycles. The van der Waals surface area contributed by atoms with Crippen molar-refractivity contribution in [2.75, 3.05) is 0 Å². The molecule has 0 bridgehead atoms. The number of hydrogen-bond donors (Lipinski definition) is 2. The van der Waals surface area contributed by atoms with E-state index < -0.39 is 20.2 Å². The van der Waals surface area contributed by atoms with E-state index in [1.807, 2.05) is 13.8 Å². The standard InChI is InChI=1S/2C7H8O3S.2C5H10.Ti/c2*1-6-2-4-7(5-3-6)11(8,9)10;2*1-2-4-5-3-1;/h2*2-5H,1H3,(H,8,9,10);2*1-5H2;/q;;;;+2. The third-order valence-electron chi connectivity index (χ3n) is 5.14. The third kappa shape index (κ3) is 15.5. The van der Waals surface area contributed by atoms with Crippen LogP contribution in [0, 0.1) is 13.8 Å². The van der Waals surface area contributed by atoms with Gasteiger partial charge in [-0.3, -0.25) is 9.11 Å². The summed E-state index contributed by atoms with van der Waals surface area (Å²) in [6.07, 6.45) is 15.0. The van der Waals surface area contributed by atoms with E-state index in [1.165, 1.54) is 88.5 Å². The molecule has 0 heterocycles. The number of hydrogen-bond acceptors (Lipinski definition) is 4. The molecule has 0 atom stereocenters. The predicted molar refractivity (Wildman–Crippen MR) is 128 cm³/mol. The Kier molecular flexibility index (Phi) is 16.1. The molecule has 0 spiro atoms. The average molecular weight is 533 g/mol. The maximum atomic E-state index is 10.5. The summed E-state index contributed by atoms with van der Waals surface area (Å²) in [7, 11) is -8.04. The molecule has 2 aromatic rings. The molecule has 2 fully saturated rings. The molecule has 2 aromatic carbocycles. The first-order valence-electron chi connectivity index (χ1n) is 11.1. The number of rotatable bonds is 2. The minimum atomic E-state index is -4.02. The first-order chi connectivity index (χ1) is 15.0. The van der Waals surface area contributed by atoms with Gasteiger partial charge in [0.1, 0.15) is 0 Å². The molecule has 9 heteroatoms. The van der Waals surface area contributed by atoms with Crippen molar-refractivity contribution in [2.24, 2.45) is 0 Å². The van der Waals surface area contributed by atoms with Crippen LogP contribution >= 0.6 is 0 Å². The van der Waals surface area contributed by atoms with Crippen LogP contribution in [0.2, 0.25) is 0 Å². The van der Waals surface area contributed by atoms with Gasteiger partial charge in [0.25, 0.3) is 20.2 Å². The van der Waals surface area contributed by atoms with Gasteiger partial charge in [0, 0.05) is 0 Å². The Balaban J connectivity index is 0.000000434. The monoisotopic (exact) mass is 532 g/mol. The van der Waals surface area contributed by atoms with Gasteiger partial charge >= 0.3 is 21.7 Å². The maximum Gasteiger partial charge on any atom is 2.00 e. The molecule has 2 aliphatic carbocycles. The molecule has 0 amide bonds. The van der Waals surface area contributed by atoms with E-state index in [1.54, 1.807) is 24.3 Å². The number of aryl methyl sites for hydroxylation is 2. The second-order valence-corrected chi connectivity index (χ2v) is 11.0. The van der Waals surface area contributed by atoms with Gasteiger partial charge in [0.15, 0.2) is 0 Å². The van der Waals surface area contributed by atoms with Gasteiger partial charge in [-0.25, -0.2) is 0 Å². The number of benzene rings is 2. The minimum absolute atomic E-state index is 0. The zero-order valence-corrected chi connectivity index (χ0v) is 22.7. The Morgan fingerprint density at radius 3 is 0.818 bits per heavy atom. The summed E-state index contributed by atoms with van der Waals surface area (Å²) >= 11 is 0. The summed E-state index contributed by atoms with van der Waals surface area (Å²) in [5, 5.41) is 0. The molecule has 0 aliphatic heterocycles. The predicted octanol–water partition coefficient (Wildman–Crippen LogP) is 6.38. The molecule has 0 aromatic heterocycles. The molecule has 33 heavy (non-hydrogen) atoms. The van der Waals surface area contributed by atoms with Gasteiger partial charge < -0.3 is 0 Å². The van der Waals surface area contributed by atoms with Gasteiger partial charge in [0.2, 0.25) is 0 Å². The zero-order chi connectivity index (χ0) is 24.0. The van der Waals surface area contributed by atoms with Gasteiger partial charge in [-0.15, -0.1) is 0 Å². The molecule has 2 aliphatic rings. The van der Waals surface area contributed by atoms with Crippen molar-refractivity contribution < 1.29 is 47.7 Å². The summed E-state index contributed by atoms with van der Waals surface area (Å²) < 4.78 is 59.1. The van der Waals surface area contributed by atoms with Crippen LogP contribution in [0.1, 0.15) is 75.3 Å². The van der Waals surface area contributed by atoms with Gasteiger partial charge in [-0.2, -0.15) is 16.8 Å². The Hall–Kier alpha value is -1.03. The fraction of sp³-hybridized carbons (Fsp3) is 0.500. The average Bonchev–Trinajstić information content (AvgIpc) is 3.47. The van der Waals surface area contributed by atoms with E-state index >= 15 is 0 Å². The molecule has 2 N–H and O–H groups in total. The Bertz CT molecular complexity index is 880. The summed E-state index contributed by atoms with van der Waals surface area (Å²) in [5.74, 6) is 0. The summed E-state index contributed by atoms with van der Waals surface area (Å²) in [4.78, 5) is -0.133. The van der Waals surface area contributed by atoms with Crippen LogP contribution in [-0.2, 0) is 42.0 Å². The van der Waals surface area contributed by atoms with Crippen LogP contribution in [0.5, 0.6) is 0 Å². The fourth-order valence-electron chi connectivity index (χ4n) is 3.19. The SMILES string of the molecule is C1CCCC1.C1CCCC1.Cc1ccc(S(=O)(=O)O)cc1.Cc1ccc(S(=O)(=O)O)cc1.[Ti+2]. The van der Waals surface area contributed by atoms with Gasteiger partial charge in [-0.1, -0.05) is 99.6 Å². The molecular formula is C24H36O6S2Ti+2. The minimum Gasteiger partial charge on any atom is -0.282 e. The Labute approximate surface area is 214 Å². The van der Waals surface area contributed by atoms with E-state index in [-0.39, 0.29) is 31.5 Å². The van der Waals surface area contributed by atoms with Crippen molar-refractivity contribution in [2.45, 2.75) is 87.8 Å². The second kappa shape index (κ2) is 16.6. The topological polar surface area (TPSA) is 109 Å². The zero-order valence-electron chi connectivity index (χ0n) is 19.5. The fourth-order valence-corrected chi connectivity index (χ4v) is 4.15. The largest absolute Gasteiger partial charge is 2.00 e. The van der Waals surface area contributed by atoms with E-state index in [0.29, 0.717) is 0 Å². The first kappa shape index (κ1) is 32.0. The van der Waals surface area contributed by atoms with Crippen LogP contribution in [-0.4, -0.2) is 25.9 Å². The van der Waals surface area contributed by atoms with Crippen molar-refractivity contribution in [1.82, 2.24) is 0 Å². The summed E-state index contributed by atoms with van der Waals surface area (Å²) in [6.45, 7) is 3.68. The van der Waals surface area contributed by atoms with Crippen LogP contribution in [0.4, 0.5) is 0 Å². The van der Waals surface area contributed by atoms with E-state index in [9.17, 15) is 16.8 Å². The van der Waals surface area contributed by atoms with Crippen LogP contribution in [0.15, 0.2) is 58.3 Å². The van der Waals surface area contributed by atoms with Crippen molar-refractivity contribution >= 4 is 20.2 Å². The molecule has 4 rings (SSSR count). The van der Waals surface area contributed by atoms with E-state index in [4.69, 9.17) is 9.11 Å². The molecule has 2 saturated carbocycles. The molecule has 6 nitrogen and oxygen atoms in total. The van der Waals surface area contributed by atoms with Crippen molar-refractivity contribution in [1.29, 1.82) is 0 Å². The molecule has 0 unspecified atom stereocenters. The normalized spacial score (nSPS) is 14.9. The Morgan fingerprint density at radius 1 is 0.485 bits per heavy atom. The van der Waals surface area contributed by atoms with Crippen LogP contribution in [0.3, 0.4) is 0 Å². The third-order valence-corrected chi connectivity index (χ3v) is 6.87.